The molecule has 0 saturated carbocycles. The fourth-order valence-corrected chi connectivity index (χ4v) is 0. The topological polar surface area (TPSA) is 167 Å². The van der Waals surface area contributed by atoms with Crippen molar-refractivity contribution in [1.29, 1.82) is 0 Å². The Hall–Kier alpha value is 3.51. The molecule has 14 heteroatoms. The van der Waals surface area contributed by atoms with Crippen molar-refractivity contribution < 1.29 is 125 Å². The van der Waals surface area contributed by atoms with Gasteiger partial charge in [0.1, 0.15) is 0 Å². The first-order chi connectivity index (χ1) is 4.00. The summed E-state index contributed by atoms with van der Waals surface area (Å²) < 4.78 is 42.6. The second kappa shape index (κ2) is 16.5. The molecule has 0 unspecified atom stereocenters. The SMILES string of the molecule is O=P([O-])([O-])[O-].O=S(=O)([O-])[O-].[Al+3].[Na+].[Na+].[Na+]. The van der Waals surface area contributed by atoms with Gasteiger partial charge in [-0.05, 0) is 0 Å². The van der Waals surface area contributed by atoms with Crippen LogP contribution in [-0.2, 0) is 15.0 Å². The summed E-state index contributed by atoms with van der Waals surface area (Å²) in [6.45, 7) is 0. The fraction of sp³-hybridized carbons (Fsp3) is 0. The monoisotopic (exact) mass is 287 g/mol. The number of phosphoric acid groups is 1. The van der Waals surface area contributed by atoms with Crippen LogP contribution in [0.5, 0.6) is 0 Å². The van der Waals surface area contributed by atoms with Gasteiger partial charge >= 0.3 is 106 Å². The van der Waals surface area contributed by atoms with Gasteiger partial charge < -0.3 is 28.4 Å². The Morgan fingerprint density at radius 1 is 0.857 bits per heavy atom. The van der Waals surface area contributed by atoms with Crippen molar-refractivity contribution >= 4 is 35.6 Å². The third kappa shape index (κ3) is 265. The molecule has 0 aromatic rings. The zero-order valence-corrected chi connectivity index (χ0v) is 16.6. The van der Waals surface area contributed by atoms with E-state index in [-0.39, 0.29) is 106 Å². The molecular formula is AlNa3O8PS+. The third-order valence-electron chi connectivity index (χ3n) is 0. The van der Waals surface area contributed by atoms with Crippen LogP contribution < -0.4 is 103 Å². The molecule has 0 aromatic carbocycles. The molecule has 0 saturated heterocycles. The van der Waals surface area contributed by atoms with E-state index >= 15 is 0 Å². The smallest absolute Gasteiger partial charge is 0.822 e. The molecule has 0 rings (SSSR count). The van der Waals surface area contributed by atoms with E-state index in [1.54, 1.807) is 0 Å². The Morgan fingerprint density at radius 3 is 0.857 bits per heavy atom. The largest absolute Gasteiger partial charge is 3.00 e. The van der Waals surface area contributed by atoms with Gasteiger partial charge in [-0.1, -0.05) is 0 Å². The van der Waals surface area contributed by atoms with Gasteiger partial charge in [0.25, 0.3) is 0 Å². The van der Waals surface area contributed by atoms with Gasteiger partial charge in [0.05, 0.1) is 0 Å². The predicted octanol–water partition coefficient (Wildman–Crippen LogP) is -13.5. The van der Waals surface area contributed by atoms with Crippen LogP contribution in [0, 0.1) is 0 Å². The van der Waals surface area contributed by atoms with E-state index in [1.165, 1.54) is 0 Å². The van der Waals surface area contributed by atoms with Gasteiger partial charge in [0, 0.05) is 10.4 Å². The first kappa shape index (κ1) is 36.0. The summed E-state index contributed by atoms with van der Waals surface area (Å²) in [5.74, 6) is 0. The Morgan fingerprint density at radius 2 is 0.857 bits per heavy atom. The molecule has 64 valence electrons. The molecule has 0 fully saturated rings. The minimum Gasteiger partial charge on any atom is -0.822 e. The zero-order valence-electron chi connectivity index (χ0n) is 7.70. The van der Waals surface area contributed by atoms with E-state index in [0.29, 0.717) is 0 Å². The van der Waals surface area contributed by atoms with Crippen molar-refractivity contribution in [2.45, 2.75) is 0 Å². The Kier molecular flexibility index (Phi) is 42.5. The van der Waals surface area contributed by atoms with Gasteiger partial charge in [-0.3, -0.25) is 8.42 Å². The van der Waals surface area contributed by atoms with Crippen LogP contribution in [0.15, 0.2) is 0 Å². The van der Waals surface area contributed by atoms with Crippen LogP contribution in [0.2, 0.25) is 0 Å². The summed E-state index contributed by atoms with van der Waals surface area (Å²) in [6.07, 6.45) is 0. The molecule has 0 aliphatic carbocycles. The standard InChI is InChI=1S/Al.3Na.H3O4P.H2O4S/c;;;;2*1-5(2,3)4/h;;;;(H3,1,2,3,4);(H2,1,2,3,4)/q+3;3*+1;;/p-5. The Balaban J connectivity index is -0.0000000178. The summed E-state index contributed by atoms with van der Waals surface area (Å²) in [7, 11) is -10.6. The second-order valence-electron chi connectivity index (χ2n) is 0.855. The summed E-state index contributed by atoms with van der Waals surface area (Å²) >= 11 is 0. The van der Waals surface area contributed by atoms with E-state index < -0.39 is 18.2 Å². The molecule has 0 aliphatic heterocycles. The van der Waals surface area contributed by atoms with E-state index in [4.69, 9.17) is 36.8 Å². The Bertz CT molecular complexity index is 202. The summed E-state index contributed by atoms with van der Waals surface area (Å²) in [4.78, 5) is 25.6. The van der Waals surface area contributed by atoms with Gasteiger partial charge in [-0.2, -0.15) is 7.82 Å². The van der Waals surface area contributed by atoms with Gasteiger partial charge in [0.2, 0.25) is 0 Å². The van der Waals surface area contributed by atoms with Crippen molar-refractivity contribution in [2.75, 3.05) is 0 Å². The molecular weight excluding hydrogens is 287 g/mol. The Labute approximate surface area is 158 Å². The molecule has 8 nitrogen and oxygen atoms in total. The van der Waals surface area contributed by atoms with Crippen molar-refractivity contribution in [3.63, 3.8) is 0 Å². The molecule has 0 radical (unpaired) electrons. The van der Waals surface area contributed by atoms with Crippen molar-refractivity contribution in [1.82, 2.24) is 0 Å². The first-order valence-corrected chi connectivity index (χ1v) is 4.19. The van der Waals surface area contributed by atoms with Crippen molar-refractivity contribution in [3.8, 4) is 0 Å². The molecule has 0 heterocycles. The molecule has 0 bridgehead atoms. The van der Waals surface area contributed by atoms with Crippen LogP contribution in [0.3, 0.4) is 0 Å². The summed E-state index contributed by atoms with van der Waals surface area (Å²) in [5.41, 5.74) is 0. The maximum absolute atomic E-state index is 8.55. The molecule has 14 heavy (non-hydrogen) atoms. The van der Waals surface area contributed by atoms with Gasteiger partial charge in [0.15, 0.2) is 0 Å². The number of hydrogen-bond donors (Lipinski definition) is 0. The summed E-state index contributed by atoms with van der Waals surface area (Å²) in [5, 5.41) is 0. The maximum Gasteiger partial charge on any atom is 3.00 e. The summed E-state index contributed by atoms with van der Waals surface area (Å²) in [6, 6.07) is 0. The third-order valence-corrected chi connectivity index (χ3v) is 0. The van der Waals surface area contributed by atoms with Crippen LogP contribution >= 0.6 is 7.82 Å². The quantitative estimate of drug-likeness (QED) is 0.183. The molecule has 0 aromatic heterocycles. The van der Waals surface area contributed by atoms with Crippen LogP contribution in [-0.4, -0.2) is 34.9 Å². The van der Waals surface area contributed by atoms with Crippen LogP contribution in [0.25, 0.3) is 0 Å². The van der Waals surface area contributed by atoms with E-state index in [2.05, 4.69) is 0 Å². The van der Waals surface area contributed by atoms with Crippen LogP contribution in [0.4, 0.5) is 0 Å². The zero-order chi connectivity index (χ0) is 9.00. The van der Waals surface area contributed by atoms with E-state index in [0.717, 1.165) is 0 Å². The van der Waals surface area contributed by atoms with Crippen molar-refractivity contribution in [3.05, 3.63) is 0 Å². The molecule has 0 atom stereocenters. The normalized spacial score (nSPS) is 8.36. The molecule has 0 amide bonds. The average Bonchev–Trinajstić information content (AvgIpc) is 1.12. The van der Waals surface area contributed by atoms with Gasteiger partial charge in [-0.15, -0.1) is 0 Å². The molecule has 0 spiro atoms. The molecule has 0 aliphatic rings. The van der Waals surface area contributed by atoms with Crippen molar-refractivity contribution in [2.24, 2.45) is 0 Å². The second-order valence-corrected chi connectivity index (χ2v) is 2.57. The fourth-order valence-electron chi connectivity index (χ4n) is 0. The minimum atomic E-state index is -5.39. The van der Waals surface area contributed by atoms with E-state index in [1.807, 2.05) is 0 Å². The number of rotatable bonds is 0. The molecule has 0 N–H and O–H groups in total. The van der Waals surface area contributed by atoms with Gasteiger partial charge in [-0.25, -0.2) is 0 Å². The minimum absolute atomic E-state index is 0. The number of hydrogen-bond acceptors (Lipinski definition) is 8. The average molecular weight is 287 g/mol. The predicted molar refractivity (Wildman–Crippen MR) is 23.8 cm³/mol. The van der Waals surface area contributed by atoms with E-state index in [9.17, 15) is 0 Å². The van der Waals surface area contributed by atoms with Crippen LogP contribution in [0.1, 0.15) is 0 Å². The first-order valence-electron chi connectivity index (χ1n) is 1.40. The maximum atomic E-state index is 8.55.